The van der Waals surface area contributed by atoms with Gasteiger partial charge in [-0.25, -0.2) is 29.0 Å². The monoisotopic (exact) mass is 392 g/mol. The Bertz CT molecular complexity index is 1310. The van der Waals surface area contributed by atoms with E-state index in [0.29, 0.717) is 0 Å². The van der Waals surface area contributed by atoms with Gasteiger partial charge in [-0.1, -0.05) is 48.5 Å². The van der Waals surface area contributed by atoms with Crippen LogP contribution in [0.25, 0.3) is 43.3 Å². The maximum Gasteiger partial charge on any atom is 0.269 e. The Morgan fingerprint density at radius 3 is 1.33 bits per heavy atom. The molecule has 0 bridgehead atoms. The average molecular weight is 392 g/mol. The van der Waals surface area contributed by atoms with Crippen molar-refractivity contribution < 1.29 is 8.78 Å². The Hall–Kier alpha value is -4.78. The van der Waals surface area contributed by atoms with Crippen molar-refractivity contribution in [3.8, 4) is 34.4 Å². The second-order valence-electron chi connectivity index (χ2n) is 6.05. The molecule has 0 unspecified atom stereocenters. The SMILES string of the molecule is [C-]#[N+]/C(C#N)=c1/cc(-c2ccccc2F)/c(=C(\C#N)[N+]#[C-])cc1-c1ccccc1F. The van der Waals surface area contributed by atoms with Crippen molar-refractivity contribution in [1.82, 2.24) is 0 Å². The van der Waals surface area contributed by atoms with Crippen LogP contribution in [-0.2, 0) is 0 Å². The van der Waals surface area contributed by atoms with Crippen molar-refractivity contribution in [2.24, 2.45) is 0 Å². The first kappa shape index (κ1) is 20.0. The number of hydrogen-bond donors (Lipinski definition) is 0. The normalized spacial score (nSPS) is 11.9. The van der Waals surface area contributed by atoms with Gasteiger partial charge in [0.15, 0.2) is 0 Å². The second kappa shape index (κ2) is 8.49. The summed E-state index contributed by atoms with van der Waals surface area (Å²) in [6.07, 6.45) is 0. The molecule has 0 aliphatic carbocycles. The van der Waals surface area contributed by atoms with E-state index in [0.717, 1.165) is 0 Å². The van der Waals surface area contributed by atoms with E-state index in [9.17, 15) is 19.3 Å². The van der Waals surface area contributed by atoms with Crippen LogP contribution in [0.4, 0.5) is 8.78 Å². The van der Waals surface area contributed by atoms with Crippen molar-refractivity contribution in [3.05, 3.63) is 106 Å². The minimum atomic E-state index is -0.605. The van der Waals surface area contributed by atoms with E-state index in [1.165, 1.54) is 48.5 Å². The summed E-state index contributed by atoms with van der Waals surface area (Å²) in [5.74, 6) is -1.21. The van der Waals surface area contributed by atoms with Gasteiger partial charge in [-0.3, -0.25) is 0 Å². The molecule has 3 aromatic carbocycles. The minimum Gasteiger partial charge on any atom is -0.226 e. The predicted molar refractivity (Wildman–Crippen MR) is 108 cm³/mol. The highest BCUT2D eigenvalue weighted by molar-refractivity contribution is 5.82. The van der Waals surface area contributed by atoms with Gasteiger partial charge in [0.1, 0.15) is 11.6 Å². The molecule has 0 aromatic heterocycles. The fourth-order valence-corrected chi connectivity index (χ4v) is 3.09. The number of nitriles is 2. The quantitative estimate of drug-likeness (QED) is 0.607. The van der Waals surface area contributed by atoms with Gasteiger partial charge in [0.25, 0.3) is 11.4 Å². The van der Waals surface area contributed by atoms with Crippen LogP contribution in [0, 0.1) is 47.4 Å². The predicted octanol–water partition coefficient (Wildman–Crippen LogP) is 4.40. The zero-order valence-electron chi connectivity index (χ0n) is 15.3. The highest BCUT2D eigenvalue weighted by Gasteiger charge is 2.15. The molecule has 6 heteroatoms. The molecule has 0 spiro atoms. The zero-order chi connectivity index (χ0) is 21.7. The molecule has 0 amide bonds. The number of halogens is 2. The number of hydrogen-bond acceptors (Lipinski definition) is 2. The Labute approximate surface area is 171 Å². The van der Waals surface area contributed by atoms with Gasteiger partial charge in [-0.15, -0.1) is 0 Å². The van der Waals surface area contributed by atoms with Crippen molar-refractivity contribution in [1.29, 1.82) is 10.5 Å². The van der Waals surface area contributed by atoms with Gasteiger partial charge in [0.2, 0.25) is 0 Å². The fraction of sp³-hybridized carbons (Fsp3) is 0. The molecule has 140 valence electrons. The van der Waals surface area contributed by atoms with Crippen LogP contribution < -0.4 is 10.4 Å². The molecular weight excluding hydrogens is 382 g/mol. The van der Waals surface area contributed by atoms with Gasteiger partial charge < -0.3 is 0 Å². The van der Waals surface area contributed by atoms with E-state index in [2.05, 4.69) is 9.69 Å². The molecule has 3 aromatic rings. The van der Waals surface area contributed by atoms with Crippen LogP contribution in [0.15, 0.2) is 60.7 Å². The molecule has 0 N–H and O–H groups in total. The summed E-state index contributed by atoms with van der Waals surface area (Å²) in [7, 11) is 0. The summed E-state index contributed by atoms with van der Waals surface area (Å²) >= 11 is 0. The lowest BCUT2D eigenvalue weighted by molar-refractivity contribution is 0.630. The Balaban J connectivity index is 2.67. The molecule has 30 heavy (non-hydrogen) atoms. The number of benzene rings is 3. The molecule has 0 aliphatic heterocycles. The molecular formula is C24H10F2N4. The third kappa shape index (κ3) is 3.50. The number of rotatable bonds is 2. The third-order valence-electron chi connectivity index (χ3n) is 4.43. The lowest BCUT2D eigenvalue weighted by Gasteiger charge is -2.11. The first-order valence-corrected chi connectivity index (χ1v) is 8.53. The molecule has 3 rings (SSSR count). The standard InChI is InChI=1S/C24H10F2N4/c1-29-23(13-27)19-11-18(16-8-4-6-10-22(16)26)20(24(14-28)30-2)12-17(19)15-7-3-5-9-21(15)25/h3-12H/b23-19-,24-20+. The van der Waals surface area contributed by atoms with Crippen LogP contribution in [0.5, 0.6) is 0 Å². The minimum absolute atomic E-state index is 0.0851. The first-order valence-electron chi connectivity index (χ1n) is 8.53. The smallest absolute Gasteiger partial charge is 0.226 e. The van der Waals surface area contributed by atoms with Crippen molar-refractivity contribution in [2.75, 3.05) is 0 Å². The van der Waals surface area contributed by atoms with Gasteiger partial charge in [-0.2, -0.15) is 0 Å². The van der Waals surface area contributed by atoms with Crippen LogP contribution in [0.1, 0.15) is 0 Å². The van der Waals surface area contributed by atoms with Gasteiger partial charge in [0, 0.05) is 21.6 Å². The molecule has 0 saturated heterocycles. The summed E-state index contributed by atoms with van der Waals surface area (Å²) in [5, 5.41) is 19.0. The van der Waals surface area contributed by atoms with E-state index in [-0.39, 0.29) is 44.1 Å². The van der Waals surface area contributed by atoms with E-state index >= 15 is 0 Å². The van der Waals surface area contributed by atoms with E-state index in [1.54, 1.807) is 24.3 Å². The molecule has 4 nitrogen and oxygen atoms in total. The molecule has 0 fully saturated rings. The lowest BCUT2D eigenvalue weighted by atomic mass is 9.93. The Kier molecular flexibility index (Phi) is 5.65. The molecule has 0 heterocycles. The summed E-state index contributed by atoms with van der Waals surface area (Å²) in [6, 6.07) is 17.8. The summed E-state index contributed by atoms with van der Waals surface area (Å²) in [6.45, 7) is 14.7. The van der Waals surface area contributed by atoms with Crippen LogP contribution in [0.2, 0.25) is 0 Å². The van der Waals surface area contributed by atoms with Crippen LogP contribution >= 0.6 is 0 Å². The third-order valence-corrected chi connectivity index (χ3v) is 4.43. The Morgan fingerprint density at radius 2 is 1.03 bits per heavy atom. The summed E-state index contributed by atoms with van der Waals surface area (Å²) < 4.78 is 29.1. The summed E-state index contributed by atoms with van der Waals surface area (Å²) in [5.41, 5.74) is -0.142. The summed E-state index contributed by atoms with van der Waals surface area (Å²) in [4.78, 5) is 6.44. The van der Waals surface area contributed by atoms with Crippen LogP contribution in [-0.4, -0.2) is 0 Å². The maximum atomic E-state index is 14.5. The van der Waals surface area contributed by atoms with Crippen molar-refractivity contribution in [3.63, 3.8) is 0 Å². The van der Waals surface area contributed by atoms with Crippen molar-refractivity contribution >= 4 is 11.4 Å². The van der Waals surface area contributed by atoms with Crippen LogP contribution in [0.3, 0.4) is 0 Å². The Morgan fingerprint density at radius 1 is 0.667 bits per heavy atom. The number of nitrogens with zero attached hydrogens (tertiary/aromatic N) is 4. The molecule has 0 saturated carbocycles. The molecule has 0 radical (unpaired) electrons. The van der Waals surface area contributed by atoms with Gasteiger partial charge in [0.05, 0.1) is 25.3 Å². The highest BCUT2D eigenvalue weighted by atomic mass is 19.1. The topological polar surface area (TPSA) is 56.3 Å². The molecule has 0 aliphatic rings. The zero-order valence-corrected chi connectivity index (χ0v) is 15.3. The highest BCUT2D eigenvalue weighted by Crippen LogP contribution is 2.24. The second-order valence-corrected chi connectivity index (χ2v) is 6.05. The largest absolute Gasteiger partial charge is 0.269 e. The van der Waals surface area contributed by atoms with E-state index in [4.69, 9.17) is 13.1 Å². The van der Waals surface area contributed by atoms with Crippen molar-refractivity contribution in [2.45, 2.75) is 0 Å². The average Bonchev–Trinajstić information content (AvgIpc) is 2.77. The fourth-order valence-electron chi connectivity index (χ4n) is 3.09. The molecule has 0 atom stereocenters. The lowest BCUT2D eigenvalue weighted by Crippen LogP contribution is -2.19. The van der Waals surface area contributed by atoms with E-state index < -0.39 is 11.6 Å². The van der Waals surface area contributed by atoms with Gasteiger partial charge in [-0.05, 0) is 23.3 Å². The van der Waals surface area contributed by atoms with Gasteiger partial charge >= 0.3 is 0 Å². The first-order chi connectivity index (χ1) is 14.5. The maximum absolute atomic E-state index is 14.5. The van der Waals surface area contributed by atoms with E-state index in [1.807, 2.05) is 0 Å².